The Kier molecular flexibility index (Phi) is 5.08. The molecule has 0 saturated carbocycles. The van der Waals surface area contributed by atoms with Crippen LogP contribution in [0.2, 0.25) is 5.28 Å². The van der Waals surface area contributed by atoms with Crippen molar-refractivity contribution in [2.45, 2.75) is 12.7 Å². The predicted octanol–water partition coefficient (Wildman–Crippen LogP) is 3.55. The normalized spacial score (nSPS) is 11.4. The minimum atomic E-state index is -4.56. The third kappa shape index (κ3) is 4.22. The van der Waals surface area contributed by atoms with Gasteiger partial charge in [0, 0.05) is 31.6 Å². The molecule has 2 heterocycles. The van der Waals surface area contributed by atoms with Crippen molar-refractivity contribution in [3.05, 3.63) is 52.7 Å². The fourth-order valence-electron chi connectivity index (χ4n) is 2.33. The molecule has 3 aromatic rings. The van der Waals surface area contributed by atoms with Crippen LogP contribution >= 0.6 is 11.6 Å². The molecule has 0 spiro atoms. The minimum absolute atomic E-state index is 0.00184. The molecule has 3 rings (SSSR count). The van der Waals surface area contributed by atoms with Gasteiger partial charge in [-0.1, -0.05) is 24.3 Å². The van der Waals surface area contributed by atoms with Crippen molar-refractivity contribution in [1.82, 2.24) is 24.7 Å². The summed E-state index contributed by atoms with van der Waals surface area (Å²) in [6, 6.07) is 6.74. The van der Waals surface area contributed by atoms with Gasteiger partial charge in [0.05, 0.1) is 5.56 Å². The van der Waals surface area contributed by atoms with E-state index in [4.69, 9.17) is 17.0 Å². The topological polar surface area (TPSA) is 92.4 Å². The molecule has 0 radical (unpaired) electrons. The lowest BCUT2D eigenvalue weighted by Crippen LogP contribution is -2.13. The molecule has 0 atom stereocenters. The zero-order valence-corrected chi connectivity index (χ0v) is 14.7. The van der Waals surface area contributed by atoms with E-state index in [2.05, 4.69) is 25.4 Å². The molecule has 0 aliphatic rings. The second-order valence-corrected chi connectivity index (χ2v) is 5.86. The standard InChI is InChI=1S/C16H13ClF3N7/c1-27-14(16(18,19)20)24-13(26-27)10-4-2-9(3-5-10)7-22-12-11(6-21)8-23-15(17)25-12/h2-6,8,21H,7H2,1H3,(H,22,23,25). The van der Waals surface area contributed by atoms with E-state index < -0.39 is 12.0 Å². The molecule has 0 amide bonds. The summed E-state index contributed by atoms with van der Waals surface area (Å²) in [4.78, 5) is 11.4. The molecule has 0 fully saturated rings. The number of halogens is 4. The highest BCUT2D eigenvalue weighted by atomic mass is 35.5. The largest absolute Gasteiger partial charge is 0.451 e. The van der Waals surface area contributed by atoms with E-state index >= 15 is 0 Å². The van der Waals surface area contributed by atoms with Crippen molar-refractivity contribution in [2.24, 2.45) is 7.05 Å². The van der Waals surface area contributed by atoms with Gasteiger partial charge < -0.3 is 10.7 Å². The first-order valence-corrected chi connectivity index (χ1v) is 8.00. The number of alkyl halides is 3. The van der Waals surface area contributed by atoms with Gasteiger partial charge in [-0.25, -0.2) is 19.6 Å². The molecule has 11 heteroatoms. The first kappa shape index (κ1) is 18.8. The van der Waals surface area contributed by atoms with Crippen LogP contribution in [0.4, 0.5) is 19.0 Å². The fraction of sp³-hybridized carbons (Fsp3) is 0.188. The summed E-state index contributed by atoms with van der Waals surface area (Å²) >= 11 is 5.76. The predicted molar refractivity (Wildman–Crippen MR) is 93.7 cm³/mol. The Morgan fingerprint density at radius 1 is 1.22 bits per heavy atom. The highest BCUT2D eigenvalue weighted by molar-refractivity contribution is 6.28. The van der Waals surface area contributed by atoms with E-state index in [0.717, 1.165) is 11.8 Å². The summed E-state index contributed by atoms with van der Waals surface area (Å²) in [6.45, 7) is 0.373. The van der Waals surface area contributed by atoms with Gasteiger partial charge in [0.1, 0.15) is 5.82 Å². The average Bonchev–Trinajstić information content (AvgIpc) is 3.03. The summed E-state index contributed by atoms with van der Waals surface area (Å²) in [5, 5.41) is 14.3. The number of rotatable bonds is 5. The monoisotopic (exact) mass is 395 g/mol. The van der Waals surface area contributed by atoms with Gasteiger partial charge >= 0.3 is 6.18 Å². The first-order valence-electron chi connectivity index (χ1n) is 7.62. The molecule has 0 bridgehead atoms. The highest BCUT2D eigenvalue weighted by Crippen LogP contribution is 2.29. The van der Waals surface area contributed by atoms with Crippen molar-refractivity contribution in [2.75, 3.05) is 5.32 Å². The molecule has 27 heavy (non-hydrogen) atoms. The van der Waals surface area contributed by atoms with E-state index in [-0.39, 0.29) is 11.1 Å². The SMILES string of the molecule is Cn1nc(-c2ccc(CNc3nc(Cl)ncc3C=N)cc2)nc1C(F)(F)F. The van der Waals surface area contributed by atoms with Crippen LogP contribution in [0, 0.1) is 5.41 Å². The number of hydrogen-bond donors (Lipinski definition) is 2. The second-order valence-electron chi connectivity index (χ2n) is 5.52. The summed E-state index contributed by atoms with van der Waals surface area (Å²) < 4.78 is 39.2. The number of aromatic nitrogens is 5. The maximum absolute atomic E-state index is 12.8. The van der Waals surface area contributed by atoms with E-state index in [1.54, 1.807) is 24.3 Å². The highest BCUT2D eigenvalue weighted by Gasteiger charge is 2.37. The summed E-state index contributed by atoms with van der Waals surface area (Å²) in [6.07, 6.45) is -2.03. The molecule has 1 aromatic carbocycles. The average molecular weight is 396 g/mol. The van der Waals surface area contributed by atoms with Gasteiger partial charge in [0.15, 0.2) is 5.82 Å². The van der Waals surface area contributed by atoms with Gasteiger partial charge in [-0.3, -0.25) is 0 Å². The van der Waals surface area contributed by atoms with Crippen LogP contribution in [0.15, 0.2) is 30.5 Å². The molecule has 0 saturated heterocycles. The Labute approximate surface area is 156 Å². The van der Waals surface area contributed by atoms with Gasteiger partial charge in [0.25, 0.3) is 0 Å². The zero-order chi connectivity index (χ0) is 19.6. The maximum atomic E-state index is 12.8. The zero-order valence-electron chi connectivity index (χ0n) is 13.9. The number of aryl methyl sites for hydroxylation is 1. The molecule has 0 aliphatic carbocycles. The summed E-state index contributed by atoms with van der Waals surface area (Å²) in [7, 11) is 1.20. The second kappa shape index (κ2) is 7.31. The molecule has 2 N–H and O–H groups in total. The van der Waals surface area contributed by atoms with Crippen molar-refractivity contribution in [1.29, 1.82) is 5.41 Å². The lowest BCUT2D eigenvalue weighted by molar-refractivity contribution is -0.147. The van der Waals surface area contributed by atoms with Crippen LogP contribution in [-0.4, -0.2) is 30.9 Å². The van der Waals surface area contributed by atoms with Crippen LogP contribution in [0.25, 0.3) is 11.4 Å². The molecule has 2 aromatic heterocycles. The van der Waals surface area contributed by atoms with Crippen molar-refractivity contribution >= 4 is 23.6 Å². The van der Waals surface area contributed by atoms with Gasteiger partial charge in [-0.05, 0) is 17.2 Å². The van der Waals surface area contributed by atoms with E-state index in [9.17, 15) is 13.2 Å². The van der Waals surface area contributed by atoms with Crippen LogP contribution in [0.3, 0.4) is 0 Å². The van der Waals surface area contributed by atoms with E-state index in [1.807, 2.05) is 0 Å². The van der Waals surface area contributed by atoms with Gasteiger partial charge in [-0.2, -0.15) is 18.3 Å². The van der Waals surface area contributed by atoms with Crippen LogP contribution in [0.5, 0.6) is 0 Å². The van der Waals surface area contributed by atoms with Crippen molar-refractivity contribution < 1.29 is 13.2 Å². The number of nitrogens with zero attached hydrogens (tertiary/aromatic N) is 5. The van der Waals surface area contributed by atoms with E-state index in [0.29, 0.717) is 28.2 Å². The lowest BCUT2D eigenvalue weighted by atomic mass is 10.1. The minimum Gasteiger partial charge on any atom is -0.365 e. The summed E-state index contributed by atoms with van der Waals surface area (Å²) in [5.41, 5.74) is 1.79. The Hall–Kier alpha value is -3.01. The molecule has 7 nitrogen and oxygen atoms in total. The smallest absolute Gasteiger partial charge is 0.365 e. The van der Waals surface area contributed by atoms with Gasteiger partial charge in [0.2, 0.25) is 11.1 Å². The molecule has 0 unspecified atom stereocenters. The Balaban J connectivity index is 1.75. The van der Waals surface area contributed by atoms with Crippen LogP contribution in [-0.2, 0) is 19.8 Å². The number of benzene rings is 1. The third-order valence-electron chi connectivity index (χ3n) is 3.63. The molecular formula is C16H13ClF3N7. The molecule has 140 valence electrons. The van der Waals surface area contributed by atoms with Crippen molar-refractivity contribution in [3.63, 3.8) is 0 Å². The van der Waals surface area contributed by atoms with Crippen LogP contribution in [0.1, 0.15) is 17.0 Å². The molecule has 0 aliphatic heterocycles. The van der Waals surface area contributed by atoms with Gasteiger partial charge in [-0.15, -0.1) is 0 Å². The number of nitrogens with one attached hydrogen (secondary N) is 2. The Bertz CT molecular complexity index is 967. The lowest BCUT2D eigenvalue weighted by Gasteiger charge is -2.08. The Morgan fingerprint density at radius 3 is 2.52 bits per heavy atom. The third-order valence-corrected chi connectivity index (χ3v) is 3.81. The first-order chi connectivity index (χ1) is 12.8. The number of hydrogen-bond acceptors (Lipinski definition) is 6. The molecular weight excluding hydrogens is 383 g/mol. The number of anilines is 1. The van der Waals surface area contributed by atoms with Crippen molar-refractivity contribution in [3.8, 4) is 11.4 Å². The fourth-order valence-corrected chi connectivity index (χ4v) is 2.46. The maximum Gasteiger partial charge on any atom is 0.451 e. The Morgan fingerprint density at radius 2 is 1.93 bits per heavy atom. The quantitative estimate of drug-likeness (QED) is 0.509. The summed E-state index contributed by atoms with van der Waals surface area (Å²) in [5.74, 6) is -0.642. The van der Waals surface area contributed by atoms with E-state index in [1.165, 1.54) is 13.2 Å². The van der Waals surface area contributed by atoms with Crippen LogP contribution < -0.4 is 5.32 Å².